The van der Waals surface area contributed by atoms with Gasteiger partial charge in [0.2, 0.25) is 0 Å². The van der Waals surface area contributed by atoms with E-state index in [4.69, 9.17) is 11.6 Å². The van der Waals surface area contributed by atoms with Gasteiger partial charge in [-0.25, -0.2) is 9.37 Å². The van der Waals surface area contributed by atoms with Gasteiger partial charge < -0.3 is 9.47 Å². The molecular weight excluding hydrogens is 277 g/mol. The van der Waals surface area contributed by atoms with E-state index in [2.05, 4.69) is 21.5 Å². The van der Waals surface area contributed by atoms with Gasteiger partial charge in [0, 0.05) is 31.0 Å². The van der Waals surface area contributed by atoms with Gasteiger partial charge in [-0.1, -0.05) is 0 Å². The lowest BCUT2D eigenvalue weighted by molar-refractivity contribution is 0.212. The van der Waals surface area contributed by atoms with Crippen LogP contribution < -0.4 is 0 Å². The minimum absolute atomic E-state index is 0.236. The Labute approximate surface area is 123 Å². The van der Waals surface area contributed by atoms with Crippen molar-refractivity contribution in [2.75, 3.05) is 26.0 Å². The van der Waals surface area contributed by atoms with Crippen molar-refractivity contribution in [3.63, 3.8) is 0 Å². The van der Waals surface area contributed by atoms with E-state index < -0.39 is 0 Å². The third-order valence-corrected chi connectivity index (χ3v) is 4.20. The zero-order valence-corrected chi connectivity index (χ0v) is 12.4. The molecule has 0 aliphatic carbocycles. The van der Waals surface area contributed by atoms with Crippen LogP contribution in [0.15, 0.2) is 18.2 Å². The zero-order valence-electron chi connectivity index (χ0n) is 11.6. The molecule has 1 unspecified atom stereocenters. The average Bonchev–Trinajstić information content (AvgIpc) is 2.76. The lowest BCUT2D eigenvalue weighted by atomic mass is 10.1. The summed E-state index contributed by atoms with van der Waals surface area (Å²) in [4.78, 5) is 6.92. The molecule has 0 bridgehead atoms. The lowest BCUT2D eigenvalue weighted by Gasteiger charge is -2.32. The van der Waals surface area contributed by atoms with Crippen molar-refractivity contribution in [1.29, 1.82) is 0 Å². The molecule has 1 aliphatic rings. The van der Waals surface area contributed by atoms with E-state index in [0.717, 1.165) is 42.8 Å². The second-order valence-corrected chi connectivity index (χ2v) is 5.91. The molecule has 2 heterocycles. The molecule has 108 valence electrons. The van der Waals surface area contributed by atoms with Gasteiger partial charge in [-0.2, -0.15) is 0 Å². The number of hydrogen-bond acceptors (Lipinski definition) is 2. The van der Waals surface area contributed by atoms with Crippen LogP contribution in [0.25, 0.3) is 11.0 Å². The SMILES string of the molecule is CN1CCCC(n2c(CCCl)nc3cc(F)ccc32)C1. The third-order valence-electron chi connectivity index (χ3n) is 4.01. The molecule has 1 aromatic heterocycles. The predicted molar refractivity (Wildman–Crippen MR) is 79.9 cm³/mol. The molecule has 0 saturated carbocycles. The monoisotopic (exact) mass is 295 g/mol. The maximum atomic E-state index is 13.4. The largest absolute Gasteiger partial charge is 0.324 e. The topological polar surface area (TPSA) is 21.1 Å². The zero-order chi connectivity index (χ0) is 14.1. The minimum atomic E-state index is -0.236. The van der Waals surface area contributed by atoms with E-state index in [1.807, 2.05) is 6.07 Å². The fraction of sp³-hybridized carbons (Fsp3) is 0.533. The van der Waals surface area contributed by atoms with Crippen molar-refractivity contribution in [1.82, 2.24) is 14.5 Å². The number of imidazole rings is 1. The number of likely N-dealkylation sites (N-methyl/N-ethyl adjacent to an activating group) is 1. The molecule has 1 atom stereocenters. The molecule has 1 aromatic carbocycles. The van der Waals surface area contributed by atoms with Crippen molar-refractivity contribution >= 4 is 22.6 Å². The number of alkyl halides is 1. The van der Waals surface area contributed by atoms with Crippen LogP contribution in [0.2, 0.25) is 0 Å². The summed E-state index contributed by atoms with van der Waals surface area (Å²) in [6, 6.07) is 5.26. The molecule has 3 nitrogen and oxygen atoms in total. The number of halogens is 2. The van der Waals surface area contributed by atoms with Crippen LogP contribution in [0, 0.1) is 5.82 Å². The van der Waals surface area contributed by atoms with Crippen molar-refractivity contribution < 1.29 is 4.39 Å². The predicted octanol–water partition coefficient (Wildman–Crippen LogP) is 3.22. The van der Waals surface area contributed by atoms with Crippen molar-refractivity contribution in [3.8, 4) is 0 Å². The summed E-state index contributed by atoms with van der Waals surface area (Å²) in [7, 11) is 2.15. The Morgan fingerprint density at radius 1 is 1.45 bits per heavy atom. The minimum Gasteiger partial charge on any atom is -0.324 e. The summed E-state index contributed by atoms with van der Waals surface area (Å²) >= 11 is 5.90. The van der Waals surface area contributed by atoms with Gasteiger partial charge in [-0.15, -0.1) is 11.6 Å². The van der Waals surface area contributed by atoms with Crippen LogP contribution in [-0.2, 0) is 6.42 Å². The summed E-state index contributed by atoms with van der Waals surface area (Å²) in [5.74, 6) is 1.27. The van der Waals surface area contributed by atoms with Crippen LogP contribution >= 0.6 is 11.6 Å². The van der Waals surface area contributed by atoms with Crippen LogP contribution in [-0.4, -0.2) is 40.5 Å². The Hall–Kier alpha value is -1.13. The molecule has 2 aromatic rings. The molecule has 0 N–H and O–H groups in total. The van der Waals surface area contributed by atoms with Crippen molar-refractivity contribution in [2.24, 2.45) is 0 Å². The molecular formula is C15H19ClFN3. The van der Waals surface area contributed by atoms with E-state index >= 15 is 0 Å². The number of nitrogens with zero attached hydrogens (tertiary/aromatic N) is 3. The number of aryl methyl sites for hydroxylation is 1. The fourth-order valence-corrected chi connectivity index (χ4v) is 3.31. The molecule has 0 spiro atoms. The maximum absolute atomic E-state index is 13.4. The van der Waals surface area contributed by atoms with Gasteiger partial charge in [0.15, 0.2) is 0 Å². The summed E-state index contributed by atoms with van der Waals surface area (Å²) in [5.41, 5.74) is 1.75. The summed E-state index contributed by atoms with van der Waals surface area (Å²) in [5, 5.41) is 0. The van der Waals surface area contributed by atoms with Crippen molar-refractivity contribution in [2.45, 2.75) is 25.3 Å². The van der Waals surface area contributed by atoms with E-state index in [-0.39, 0.29) is 5.82 Å². The van der Waals surface area contributed by atoms with Gasteiger partial charge in [0.25, 0.3) is 0 Å². The summed E-state index contributed by atoms with van der Waals surface area (Å²) in [6.07, 6.45) is 3.04. The third kappa shape index (κ3) is 2.54. The van der Waals surface area contributed by atoms with E-state index in [1.165, 1.54) is 18.6 Å². The van der Waals surface area contributed by atoms with Gasteiger partial charge >= 0.3 is 0 Å². The van der Waals surface area contributed by atoms with Crippen molar-refractivity contribution in [3.05, 3.63) is 29.8 Å². The summed E-state index contributed by atoms with van der Waals surface area (Å²) in [6.45, 7) is 2.15. The molecule has 5 heteroatoms. The number of likely N-dealkylation sites (tertiary alicyclic amines) is 1. The van der Waals surface area contributed by atoms with Crippen LogP contribution in [0.3, 0.4) is 0 Å². The Bertz CT molecular complexity index is 610. The number of piperidine rings is 1. The normalized spacial score (nSPS) is 20.6. The summed E-state index contributed by atoms with van der Waals surface area (Å²) < 4.78 is 15.7. The van der Waals surface area contributed by atoms with E-state index in [9.17, 15) is 4.39 Å². The smallest absolute Gasteiger partial charge is 0.125 e. The van der Waals surface area contributed by atoms with Crippen LogP contribution in [0.5, 0.6) is 0 Å². The highest BCUT2D eigenvalue weighted by Gasteiger charge is 2.23. The maximum Gasteiger partial charge on any atom is 0.125 e. The second-order valence-electron chi connectivity index (χ2n) is 5.53. The first kappa shape index (κ1) is 13.8. The number of fused-ring (bicyclic) bond motifs is 1. The molecule has 1 fully saturated rings. The lowest BCUT2D eigenvalue weighted by Crippen LogP contribution is -2.34. The Balaban J connectivity index is 2.08. The van der Waals surface area contributed by atoms with Gasteiger partial charge in [0.1, 0.15) is 11.6 Å². The van der Waals surface area contributed by atoms with E-state index in [0.29, 0.717) is 11.9 Å². The number of benzene rings is 1. The standard InChI is InChI=1S/C15H19ClFN3/c1-19-8-2-3-12(10-19)20-14-5-4-11(17)9-13(14)18-15(20)6-7-16/h4-5,9,12H,2-3,6-8,10H2,1H3. The second kappa shape index (κ2) is 5.70. The Morgan fingerprint density at radius 3 is 3.05 bits per heavy atom. The quantitative estimate of drug-likeness (QED) is 0.811. The first-order chi connectivity index (χ1) is 9.69. The fourth-order valence-electron chi connectivity index (χ4n) is 3.14. The van der Waals surface area contributed by atoms with Gasteiger partial charge in [-0.05, 0) is 38.6 Å². The van der Waals surface area contributed by atoms with Gasteiger partial charge in [0.05, 0.1) is 11.0 Å². The number of aromatic nitrogens is 2. The molecule has 1 aliphatic heterocycles. The Morgan fingerprint density at radius 2 is 2.30 bits per heavy atom. The highest BCUT2D eigenvalue weighted by molar-refractivity contribution is 6.17. The first-order valence-electron chi connectivity index (χ1n) is 7.10. The Kier molecular flexibility index (Phi) is 3.94. The van der Waals surface area contributed by atoms with E-state index in [1.54, 1.807) is 0 Å². The molecule has 1 saturated heterocycles. The molecule has 20 heavy (non-hydrogen) atoms. The molecule has 3 rings (SSSR count). The number of hydrogen-bond donors (Lipinski definition) is 0. The number of rotatable bonds is 3. The molecule has 0 radical (unpaired) electrons. The first-order valence-corrected chi connectivity index (χ1v) is 7.63. The highest BCUT2D eigenvalue weighted by Crippen LogP contribution is 2.28. The molecule has 0 amide bonds. The van der Waals surface area contributed by atoms with Crippen LogP contribution in [0.4, 0.5) is 4.39 Å². The average molecular weight is 296 g/mol. The highest BCUT2D eigenvalue weighted by atomic mass is 35.5. The van der Waals surface area contributed by atoms with Gasteiger partial charge in [-0.3, -0.25) is 0 Å². The van der Waals surface area contributed by atoms with Crippen LogP contribution in [0.1, 0.15) is 24.7 Å².